The highest BCUT2D eigenvalue weighted by Gasteiger charge is 2.53. The molecule has 1 aromatic carbocycles. The highest BCUT2D eigenvalue weighted by molar-refractivity contribution is 5.37. The van der Waals surface area contributed by atoms with E-state index in [1.807, 2.05) is 0 Å². The highest BCUT2D eigenvalue weighted by atomic mass is 14.6. The van der Waals surface area contributed by atoms with Crippen molar-refractivity contribution in [1.29, 1.82) is 0 Å². The van der Waals surface area contributed by atoms with Crippen LogP contribution in [0.3, 0.4) is 0 Å². The quantitative estimate of drug-likeness (QED) is 0.567. The summed E-state index contributed by atoms with van der Waals surface area (Å²) < 4.78 is 0. The predicted molar refractivity (Wildman–Crippen MR) is 54.6 cm³/mol. The first-order chi connectivity index (χ1) is 6.42. The molecule has 0 heterocycles. The number of hydrogen-bond acceptors (Lipinski definition) is 0. The number of benzene rings is 1. The van der Waals surface area contributed by atoms with Gasteiger partial charge in [0.2, 0.25) is 0 Å². The van der Waals surface area contributed by atoms with Crippen LogP contribution in [0.1, 0.15) is 24.8 Å². The standard InChI is InChI=1S/C13H14/c1-2-6-11(7-3-1)13-9-5-4-8-12(13)10-13/h1-4,6-8,12H,5,9-10H2. The van der Waals surface area contributed by atoms with Gasteiger partial charge in [0, 0.05) is 5.41 Å². The summed E-state index contributed by atoms with van der Waals surface area (Å²) in [5.74, 6) is 0.851. The lowest BCUT2D eigenvalue weighted by atomic mass is 9.86. The average Bonchev–Trinajstić information content (AvgIpc) is 2.94. The van der Waals surface area contributed by atoms with Gasteiger partial charge in [-0.25, -0.2) is 0 Å². The van der Waals surface area contributed by atoms with E-state index in [2.05, 4.69) is 42.5 Å². The second-order valence-electron chi connectivity index (χ2n) is 4.30. The molecule has 1 saturated carbocycles. The predicted octanol–water partition coefficient (Wildman–Crippen LogP) is 3.29. The summed E-state index contributed by atoms with van der Waals surface area (Å²) in [7, 11) is 0. The van der Waals surface area contributed by atoms with Crippen LogP contribution in [0, 0.1) is 5.92 Å². The molecule has 0 heteroatoms. The Bertz CT molecular complexity index is 336. The van der Waals surface area contributed by atoms with Gasteiger partial charge >= 0.3 is 0 Å². The minimum absolute atomic E-state index is 0.552. The van der Waals surface area contributed by atoms with E-state index in [0.29, 0.717) is 5.41 Å². The molecule has 0 aromatic heterocycles. The number of allylic oxidation sites excluding steroid dienone is 2. The molecule has 0 N–H and O–H groups in total. The molecular formula is C13H14. The third kappa shape index (κ3) is 0.980. The van der Waals surface area contributed by atoms with Crippen molar-refractivity contribution in [3.63, 3.8) is 0 Å². The van der Waals surface area contributed by atoms with Crippen LogP contribution < -0.4 is 0 Å². The molecule has 13 heavy (non-hydrogen) atoms. The molecule has 0 amide bonds. The largest absolute Gasteiger partial charge is 0.0882 e. The maximum absolute atomic E-state index is 2.41. The zero-order chi connectivity index (χ0) is 8.73. The summed E-state index contributed by atoms with van der Waals surface area (Å²) in [6.07, 6.45) is 8.77. The molecule has 0 radical (unpaired) electrons. The molecule has 0 aliphatic heterocycles. The summed E-state index contributed by atoms with van der Waals surface area (Å²) in [4.78, 5) is 0. The fourth-order valence-electron chi connectivity index (χ4n) is 2.72. The van der Waals surface area contributed by atoms with Gasteiger partial charge in [0.05, 0.1) is 0 Å². The topological polar surface area (TPSA) is 0 Å². The Balaban J connectivity index is 1.99. The van der Waals surface area contributed by atoms with E-state index in [4.69, 9.17) is 0 Å². The summed E-state index contributed by atoms with van der Waals surface area (Å²) in [5, 5.41) is 0. The Morgan fingerprint density at radius 2 is 2.00 bits per heavy atom. The summed E-state index contributed by atoms with van der Waals surface area (Å²) in [6.45, 7) is 0. The molecule has 2 unspecified atom stereocenters. The molecule has 3 rings (SSSR count). The van der Waals surface area contributed by atoms with Gasteiger partial charge in [-0.15, -0.1) is 0 Å². The average molecular weight is 170 g/mol. The Morgan fingerprint density at radius 1 is 1.15 bits per heavy atom. The summed E-state index contributed by atoms with van der Waals surface area (Å²) in [6, 6.07) is 11.0. The van der Waals surface area contributed by atoms with Gasteiger partial charge in [-0.05, 0) is 30.7 Å². The minimum atomic E-state index is 0.552. The van der Waals surface area contributed by atoms with Crippen LogP contribution in [-0.2, 0) is 5.41 Å². The second-order valence-corrected chi connectivity index (χ2v) is 4.30. The lowest BCUT2D eigenvalue weighted by molar-refractivity contribution is 0.579. The fraction of sp³-hybridized carbons (Fsp3) is 0.385. The molecule has 0 saturated heterocycles. The summed E-state index contributed by atoms with van der Waals surface area (Å²) in [5.41, 5.74) is 2.11. The first-order valence-electron chi connectivity index (χ1n) is 5.14. The fourth-order valence-corrected chi connectivity index (χ4v) is 2.72. The van der Waals surface area contributed by atoms with Crippen LogP contribution in [0.15, 0.2) is 42.5 Å². The molecule has 1 aromatic rings. The molecule has 66 valence electrons. The summed E-state index contributed by atoms with van der Waals surface area (Å²) >= 11 is 0. The van der Waals surface area contributed by atoms with Gasteiger partial charge < -0.3 is 0 Å². The molecule has 1 fully saturated rings. The van der Waals surface area contributed by atoms with Crippen molar-refractivity contribution in [3.05, 3.63) is 48.0 Å². The number of fused-ring (bicyclic) bond motifs is 1. The van der Waals surface area contributed by atoms with Crippen LogP contribution in [0.4, 0.5) is 0 Å². The van der Waals surface area contributed by atoms with Crippen LogP contribution in [-0.4, -0.2) is 0 Å². The Kier molecular flexibility index (Phi) is 1.40. The minimum Gasteiger partial charge on any atom is -0.0882 e. The maximum Gasteiger partial charge on any atom is 0.00249 e. The zero-order valence-corrected chi connectivity index (χ0v) is 7.74. The Labute approximate surface area is 79.3 Å². The van der Waals surface area contributed by atoms with E-state index in [0.717, 1.165) is 5.92 Å². The Hall–Kier alpha value is -1.04. The number of rotatable bonds is 1. The highest BCUT2D eigenvalue weighted by Crippen LogP contribution is 2.59. The van der Waals surface area contributed by atoms with Gasteiger partial charge in [0.1, 0.15) is 0 Å². The monoisotopic (exact) mass is 170 g/mol. The molecular weight excluding hydrogens is 156 g/mol. The normalized spacial score (nSPS) is 35.5. The third-order valence-electron chi connectivity index (χ3n) is 3.61. The van der Waals surface area contributed by atoms with Gasteiger partial charge in [0.15, 0.2) is 0 Å². The van der Waals surface area contributed by atoms with E-state index in [1.165, 1.54) is 19.3 Å². The Morgan fingerprint density at radius 3 is 2.77 bits per heavy atom. The van der Waals surface area contributed by atoms with Gasteiger partial charge in [-0.2, -0.15) is 0 Å². The third-order valence-corrected chi connectivity index (χ3v) is 3.61. The van der Waals surface area contributed by atoms with E-state index in [9.17, 15) is 0 Å². The van der Waals surface area contributed by atoms with Crippen molar-refractivity contribution < 1.29 is 0 Å². The SMILES string of the molecule is C1=CC2CC2(c2ccccc2)CC1. The lowest BCUT2D eigenvalue weighted by Crippen LogP contribution is -2.11. The van der Waals surface area contributed by atoms with Crippen molar-refractivity contribution >= 4 is 0 Å². The molecule has 0 spiro atoms. The first-order valence-corrected chi connectivity index (χ1v) is 5.14. The molecule has 2 atom stereocenters. The van der Waals surface area contributed by atoms with Crippen molar-refractivity contribution in [2.45, 2.75) is 24.7 Å². The van der Waals surface area contributed by atoms with E-state index in [1.54, 1.807) is 5.56 Å². The molecule has 0 bridgehead atoms. The smallest absolute Gasteiger partial charge is 0.00249 e. The number of hydrogen-bond donors (Lipinski definition) is 0. The van der Waals surface area contributed by atoms with E-state index in [-0.39, 0.29) is 0 Å². The van der Waals surface area contributed by atoms with E-state index < -0.39 is 0 Å². The van der Waals surface area contributed by atoms with Crippen LogP contribution >= 0.6 is 0 Å². The van der Waals surface area contributed by atoms with Crippen molar-refractivity contribution in [3.8, 4) is 0 Å². The second kappa shape index (κ2) is 2.47. The van der Waals surface area contributed by atoms with Gasteiger partial charge in [0.25, 0.3) is 0 Å². The van der Waals surface area contributed by atoms with Gasteiger partial charge in [-0.3, -0.25) is 0 Å². The van der Waals surface area contributed by atoms with E-state index >= 15 is 0 Å². The lowest BCUT2D eigenvalue weighted by Gasteiger charge is -2.18. The van der Waals surface area contributed by atoms with Crippen molar-refractivity contribution in [2.24, 2.45) is 5.92 Å². The first kappa shape index (κ1) is 7.37. The van der Waals surface area contributed by atoms with Crippen molar-refractivity contribution in [1.82, 2.24) is 0 Å². The maximum atomic E-state index is 2.41. The molecule has 2 aliphatic rings. The van der Waals surface area contributed by atoms with Gasteiger partial charge in [-0.1, -0.05) is 42.5 Å². The van der Waals surface area contributed by atoms with Crippen molar-refractivity contribution in [2.75, 3.05) is 0 Å². The van der Waals surface area contributed by atoms with Crippen LogP contribution in [0.25, 0.3) is 0 Å². The van der Waals surface area contributed by atoms with Crippen LogP contribution in [0.5, 0.6) is 0 Å². The van der Waals surface area contributed by atoms with Crippen LogP contribution in [0.2, 0.25) is 0 Å². The zero-order valence-electron chi connectivity index (χ0n) is 7.74. The molecule has 2 aliphatic carbocycles. The molecule has 0 nitrogen and oxygen atoms in total.